The molecule has 0 saturated carbocycles. The number of rotatable bonds is 7. The van der Waals surface area contributed by atoms with Crippen molar-refractivity contribution in [1.29, 1.82) is 0 Å². The fourth-order valence-electron chi connectivity index (χ4n) is 2.44. The van der Waals surface area contributed by atoms with Gasteiger partial charge in [0.1, 0.15) is 0 Å². The molecule has 1 aliphatic heterocycles. The van der Waals surface area contributed by atoms with Crippen molar-refractivity contribution in [2.45, 2.75) is 38.6 Å². The molecule has 0 bridgehead atoms. The summed E-state index contributed by atoms with van der Waals surface area (Å²) in [5.74, 6) is -0.423. The second-order valence-corrected chi connectivity index (χ2v) is 6.25. The molecule has 0 aliphatic carbocycles. The molecule has 0 unspecified atom stereocenters. The predicted molar refractivity (Wildman–Crippen MR) is 85.2 cm³/mol. The van der Waals surface area contributed by atoms with Gasteiger partial charge < -0.3 is 19.7 Å². The summed E-state index contributed by atoms with van der Waals surface area (Å²) in [6.45, 7) is 8.46. The van der Waals surface area contributed by atoms with Gasteiger partial charge in [-0.25, -0.2) is 0 Å². The third-order valence-electron chi connectivity index (χ3n) is 3.71. The highest BCUT2D eigenvalue weighted by atomic mass is 16.7. The summed E-state index contributed by atoms with van der Waals surface area (Å²) >= 11 is 0. The van der Waals surface area contributed by atoms with Crippen LogP contribution in [0.2, 0.25) is 0 Å². The Morgan fingerprint density at radius 1 is 1.19 bits per heavy atom. The SMILES string of the molecule is CN(CCCNC1COC(C)(C)OC1)Cc1ccccc1. The van der Waals surface area contributed by atoms with Crippen LogP contribution in [0.25, 0.3) is 0 Å². The Balaban J connectivity index is 1.55. The van der Waals surface area contributed by atoms with E-state index in [0.29, 0.717) is 6.04 Å². The minimum Gasteiger partial charge on any atom is -0.349 e. The van der Waals surface area contributed by atoms with E-state index in [1.165, 1.54) is 5.56 Å². The molecule has 1 saturated heterocycles. The maximum absolute atomic E-state index is 5.64. The van der Waals surface area contributed by atoms with E-state index in [0.717, 1.165) is 39.3 Å². The molecule has 0 spiro atoms. The lowest BCUT2D eigenvalue weighted by atomic mass is 10.2. The van der Waals surface area contributed by atoms with E-state index < -0.39 is 5.79 Å². The average Bonchev–Trinajstić information content (AvgIpc) is 2.46. The van der Waals surface area contributed by atoms with Gasteiger partial charge in [-0.3, -0.25) is 0 Å². The molecule has 1 aromatic carbocycles. The monoisotopic (exact) mass is 292 g/mol. The summed E-state index contributed by atoms with van der Waals surface area (Å²) in [6, 6.07) is 10.9. The summed E-state index contributed by atoms with van der Waals surface area (Å²) in [6.07, 6.45) is 1.13. The van der Waals surface area contributed by atoms with Crippen molar-refractivity contribution in [3.05, 3.63) is 35.9 Å². The molecule has 0 radical (unpaired) electrons. The molecule has 1 heterocycles. The topological polar surface area (TPSA) is 33.7 Å². The van der Waals surface area contributed by atoms with Crippen LogP contribution in [0, 0.1) is 0 Å². The van der Waals surface area contributed by atoms with E-state index in [4.69, 9.17) is 9.47 Å². The van der Waals surface area contributed by atoms with Crippen LogP contribution in [0.15, 0.2) is 30.3 Å². The van der Waals surface area contributed by atoms with Gasteiger partial charge in [0.2, 0.25) is 0 Å². The van der Waals surface area contributed by atoms with Gasteiger partial charge in [0.25, 0.3) is 0 Å². The molecule has 1 aromatic rings. The molecule has 4 heteroatoms. The molecule has 2 rings (SSSR count). The minimum absolute atomic E-state index is 0.317. The maximum atomic E-state index is 5.64. The van der Waals surface area contributed by atoms with Crippen LogP contribution in [0.5, 0.6) is 0 Å². The summed E-state index contributed by atoms with van der Waals surface area (Å²) in [4.78, 5) is 2.36. The third-order valence-corrected chi connectivity index (χ3v) is 3.71. The Morgan fingerprint density at radius 2 is 1.86 bits per heavy atom. The van der Waals surface area contributed by atoms with E-state index >= 15 is 0 Å². The van der Waals surface area contributed by atoms with Crippen LogP contribution in [-0.4, -0.2) is 50.1 Å². The smallest absolute Gasteiger partial charge is 0.162 e. The number of nitrogens with zero attached hydrogens (tertiary/aromatic N) is 1. The summed E-state index contributed by atoms with van der Waals surface area (Å²) in [5, 5.41) is 3.50. The van der Waals surface area contributed by atoms with Crippen molar-refractivity contribution in [1.82, 2.24) is 10.2 Å². The largest absolute Gasteiger partial charge is 0.349 e. The molecular formula is C17H28N2O2. The highest BCUT2D eigenvalue weighted by molar-refractivity contribution is 5.14. The molecule has 4 nitrogen and oxygen atoms in total. The number of hydrogen-bond donors (Lipinski definition) is 1. The fourth-order valence-corrected chi connectivity index (χ4v) is 2.44. The van der Waals surface area contributed by atoms with Crippen molar-refractivity contribution in [2.75, 3.05) is 33.4 Å². The molecule has 21 heavy (non-hydrogen) atoms. The second kappa shape index (κ2) is 7.90. The lowest BCUT2D eigenvalue weighted by Gasteiger charge is -2.35. The van der Waals surface area contributed by atoms with Gasteiger partial charge in [-0.05, 0) is 46.0 Å². The van der Waals surface area contributed by atoms with Crippen molar-refractivity contribution in [3.8, 4) is 0 Å². The minimum atomic E-state index is -0.423. The zero-order chi connectivity index (χ0) is 15.1. The van der Waals surface area contributed by atoms with Crippen LogP contribution >= 0.6 is 0 Å². The standard InChI is InChI=1S/C17H28N2O2/c1-17(2)20-13-16(14-21-17)18-10-7-11-19(3)12-15-8-5-4-6-9-15/h4-6,8-9,16,18H,7,10-14H2,1-3H3. The van der Waals surface area contributed by atoms with E-state index in [1.807, 2.05) is 13.8 Å². The number of ether oxygens (including phenoxy) is 2. The average molecular weight is 292 g/mol. The summed E-state index contributed by atoms with van der Waals surface area (Å²) in [5.41, 5.74) is 1.37. The Labute approximate surface area is 128 Å². The second-order valence-electron chi connectivity index (χ2n) is 6.25. The van der Waals surface area contributed by atoms with E-state index in [9.17, 15) is 0 Å². The Morgan fingerprint density at radius 3 is 2.52 bits per heavy atom. The first-order chi connectivity index (χ1) is 10.1. The molecule has 0 amide bonds. The Kier molecular flexibility index (Phi) is 6.18. The summed E-state index contributed by atoms with van der Waals surface area (Å²) in [7, 11) is 2.17. The molecule has 1 aliphatic rings. The molecular weight excluding hydrogens is 264 g/mol. The lowest BCUT2D eigenvalue weighted by Crippen LogP contribution is -2.48. The Hall–Kier alpha value is -0.940. The molecule has 0 aromatic heterocycles. The Bertz CT molecular complexity index is 399. The zero-order valence-electron chi connectivity index (χ0n) is 13.5. The highest BCUT2D eigenvalue weighted by Crippen LogP contribution is 2.16. The fraction of sp³-hybridized carbons (Fsp3) is 0.647. The van der Waals surface area contributed by atoms with Gasteiger partial charge in [0.15, 0.2) is 5.79 Å². The first-order valence-corrected chi connectivity index (χ1v) is 7.79. The van der Waals surface area contributed by atoms with E-state index in [-0.39, 0.29) is 0 Å². The molecule has 0 atom stereocenters. The highest BCUT2D eigenvalue weighted by Gasteiger charge is 2.27. The van der Waals surface area contributed by atoms with E-state index in [1.54, 1.807) is 0 Å². The van der Waals surface area contributed by atoms with Crippen molar-refractivity contribution >= 4 is 0 Å². The number of nitrogens with one attached hydrogen (secondary N) is 1. The van der Waals surface area contributed by atoms with Gasteiger partial charge in [-0.2, -0.15) is 0 Å². The molecule has 1 fully saturated rings. The van der Waals surface area contributed by atoms with E-state index in [2.05, 4.69) is 47.6 Å². The number of benzene rings is 1. The molecule has 118 valence electrons. The molecule has 1 N–H and O–H groups in total. The van der Waals surface area contributed by atoms with Crippen molar-refractivity contribution in [2.24, 2.45) is 0 Å². The predicted octanol–water partition coefficient (Wildman–Crippen LogP) is 2.25. The van der Waals surface area contributed by atoms with Crippen LogP contribution in [-0.2, 0) is 16.0 Å². The van der Waals surface area contributed by atoms with Crippen LogP contribution < -0.4 is 5.32 Å². The van der Waals surface area contributed by atoms with Crippen LogP contribution in [0.1, 0.15) is 25.8 Å². The van der Waals surface area contributed by atoms with Crippen LogP contribution in [0.4, 0.5) is 0 Å². The number of hydrogen-bond acceptors (Lipinski definition) is 4. The quantitative estimate of drug-likeness (QED) is 0.782. The van der Waals surface area contributed by atoms with Gasteiger partial charge >= 0.3 is 0 Å². The van der Waals surface area contributed by atoms with Gasteiger partial charge in [0, 0.05) is 6.54 Å². The summed E-state index contributed by atoms with van der Waals surface area (Å²) < 4.78 is 11.3. The normalized spacial score (nSPS) is 19.0. The van der Waals surface area contributed by atoms with Gasteiger partial charge in [0.05, 0.1) is 19.3 Å². The maximum Gasteiger partial charge on any atom is 0.162 e. The zero-order valence-corrected chi connectivity index (χ0v) is 13.5. The van der Waals surface area contributed by atoms with Crippen molar-refractivity contribution in [3.63, 3.8) is 0 Å². The van der Waals surface area contributed by atoms with Gasteiger partial charge in [-0.1, -0.05) is 30.3 Å². The lowest BCUT2D eigenvalue weighted by molar-refractivity contribution is -0.252. The third kappa shape index (κ3) is 6.14. The van der Waals surface area contributed by atoms with Crippen molar-refractivity contribution < 1.29 is 9.47 Å². The first kappa shape index (κ1) is 16.4. The van der Waals surface area contributed by atoms with Crippen LogP contribution in [0.3, 0.4) is 0 Å². The van der Waals surface area contributed by atoms with Gasteiger partial charge in [-0.15, -0.1) is 0 Å². The first-order valence-electron chi connectivity index (χ1n) is 7.79.